The quantitative estimate of drug-likeness (QED) is 0.516. The number of rotatable bonds is 8. The predicted molar refractivity (Wildman–Crippen MR) is 118 cm³/mol. The molecule has 32 heavy (non-hydrogen) atoms. The number of pyridine rings is 1. The molecule has 9 heteroatoms. The molecule has 1 aromatic heterocycles. The number of nitrogens with one attached hydrogen (secondary N) is 2. The highest BCUT2D eigenvalue weighted by Gasteiger charge is 2.32. The summed E-state index contributed by atoms with van der Waals surface area (Å²) in [4.78, 5) is 26.1. The Kier molecular flexibility index (Phi) is 11.0. The van der Waals surface area contributed by atoms with Gasteiger partial charge in [0, 0.05) is 24.6 Å². The topological polar surface area (TPSA) is 91.4 Å². The number of anilines is 1. The number of carbonyl (C=O) groups excluding carboxylic acids is 1. The van der Waals surface area contributed by atoms with Crippen LogP contribution in [0.2, 0.25) is 0 Å². The van der Waals surface area contributed by atoms with E-state index in [-0.39, 0.29) is 23.6 Å². The zero-order chi connectivity index (χ0) is 24.3. The number of aliphatic hydroxyl groups is 1. The average Bonchev–Trinajstić information content (AvgIpc) is 2.67. The van der Waals surface area contributed by atoms with Gasteiger partial charge in [-0.05, 0) is 48.9 Å². The molecule has 0 spiro atoms. The average molecular weight is 457 g/mol. The van der Waals surface area contributed by atoms with Crippen LogP contribution in [0.25, 0.3) is 0 Å². The second-order valence-corrected chi connectivity index (χ2v) is 8.04. The number of carbonyl (C=O) groups is 1. The number of ether oxygens (including phenoxy) is 1. The molecule has 0 aliphatic carbocycles. The molecule has 6 nitrogen and oxygen atoms in total. The van der Waals surface area contributed by atoms with Crippen LogP contribution in [-0.4, -0.2) is 29.2 Å². The second-order valence-electron chi connectivity index (χ2n) is 8.04. The number of aromatic nitrogens is 1. The van der Waals surface area contributed by atoms with Gasteiger partial charge in [-0.3, -0.25) is 9.59 Å². The summed E-state index contributed by atoms with van der Waals surface area (Å²) in [5, 5.41) is 10.7. The van der Waals surface area contributed by atoms with Gasteiger partial charge >= 0.3 is 6.18 Å². The molecule has 1 heterocycles. The van der Waals surface area contributed by atoms with Gasteiger partial charge in [0.2, 0.25) is 5.56 Å². The van der Waals surface area contributed by atoms with Crippen LogP contribution in [0, 0.1) is 11.8 Å². The smallest absolute Gasteiger partial charge is 0.416 e. The molecule has 0 aliphatic rings. The van der Waals surface area contributed by atoms with Crippen LogP contribution in [0.5, 0.6) is 5.75 Å². The Hall–Kier alpha value is -2.81. The summed E-state index contributed by atoms with van der Waals surface area (Å²) in [5.41, 5.74) is -1.12. The fourth-order valence-electron chi connectivity index (χ4n) is 2.39. The van der Waals surface area contributed by atoms with Crippen molar-refractivity contribution in [1.82, 2.24) is 4.98 Å². The predicted octanol–water partition coefficient (Wildman–Crippen LogP) is 5.10. The molecule has 3 N–H and O–H groups in total. The van der Waals surface area contributed by atoms with Crippen molar-refractivity contribution in [1.29, 1.82) is 0 Å². The maximum absolute atomic E-state index is 12.9. The number of hydrogen-bond donors (Lipinski definition) is 3. The van der Waals surface area contributed by atoms with Crippen LogP contribution in [0.4, 0.5) is 18.9 Å². The van der Waals surface area contributed by atoms with Gasteiger partial charge in [-0.1, -0.05) is 27.7 Å². The molecule has 0 bridgehead atoms. The minimum atomic E-state index is -4.54. The first-order chi connectivity index (χ1) is 14.9. The zero-order valence-corrected chi connectivity index (χ0v) is 18.8. The molecule has 2 rings (SSSR count). The number of benzene rings is 1. The summed E-state index contributed by atoms with van der Waals surface area (Å²) in [6.45, 7) is 8.61. The van der Waals surface area contributed by atoms with Crippen molar-refractivity contribution < 1.29 is 27.8 Å². The van der Waals surface area contributed by atoms with Gasteiger partial charge in [-0.25, -0.2) is 0 Å². The highest BCUT2D eigenvalue weighted by Crippen LogP contribution is 2.33. The van der Waals surface area contributed by atoms with Gasteiger partial charge in [-0.15, -0.1) is 0 Å². The van der Waals surface area contributed by atoms with Gasteiger partial charge in [-0.2, -0.15) is 13.2 Å². The molecule has 1 amide bonds. The van der Waals surface area contributed by atoms with Gasteiger partial charge in [0.15, 0.2) is 0 Å². The lowest BCUT2D eigenvalue weighted by molar-refractivity contribution is -0.137. The van der Waals surface area contributed by atoms with E-state index in [2.05, 4.69) is 24.1 Å². The molecule has 0 radical (unpaired) electrons. The van der Waals surface area contributed by atoms with E-state index in [9.17, 15) is 22.8 Å². The molecule has 0 atom stereocenters. The number of H-pyrrole nitrogens is 1. The zero-order valence-electron chi connectivity index (χ0n) is 18.8. The van der Waals surface area contributed by atoms with Crippen molar-refractivity contribution in [2.75, 3.05) is 18.5 Å². The van der Waals surface area contributed by atoms with E-state index in [1.807, 2.05) is 13.8 Å². The van der Waals surface area contributed by atoms with E-state index in [1.165, 1.54) is 18.3 Å². The van der Waals surface area contributed by atoms with Crippen molar-refractivity contribution in [3.8, 4) is 5.75 Å². The minimum absolute atomic E-state index is 0.0398. The lowest BCUT2D eigenvalue weighted by Crippen LogP contribution is -2.17. The number of aliphatic hydroxyl groups excluding tert-OH is 1. The first-order valence-corrected chi connectivity index (χ1v) is 10.4. The Labute approximate surface area is 185 Å². The van der Waals surface area contributed by atoms with Crippen LogP contribution in [0.1, 0.15) is 56.5 Å². The maximum atomic E-state index is 12.9. The Morgan fingerprint density at radius 1 is 1.09 bits per heavy atom. The molecular weight excluding hydrogens is 425 g/mol. The molecule has 0 fully saturated rings. The van der Waals surface area contributed by atoms with E-state index >= 15 is 0 Å². The molecule has 0 saturated carbocycles. The van der Waals surface area contributed by atoms with Crippen molar-refractivity contribution in [3.05, 3.63) is 58.0 Å². The van der Waals surface area contributed by atoms with Crippen LogP contribution in [-0.2, 0) is 6.18 Å². The fraction of sp³-hybridized carbons (Fsp3) is 0.478. The Morgan fingerprint density at radius 3 is 2.25 bits per heavy atom. The first-order valence-electron chi connectivity index (χ1n) is 10.4. The second kappa shape index (κ2) is 12.9. The van der Waals surface area contributed by atoms with E-state index in [1.54, 1.807) is 0 Å². The maximum Gasteiger partial charge on any atom is 0.416 e. The molecule has 0 unspecified atom stereocenters. The molecule has 2 aromatic rings. The molecule has 1 aromatic carbocycles. The molecular formula is C23H31F3N2O4. The number of alkyl halides is 3. The Balaban J connectivity index is 0.000000751. The number of halogens is 3. The Bertz CT molecular complexity index is 909. The lowest BCUT2D eigenvalue weighted by Gasteiger charge is -2.15. The van der Waals surface area contributed by atoms with E-state index < -0.39 is 23.2 Å². The normalized spacial score (nSPS) is 11.2. The Morgan fingerprint density at radius 2 is 1.75 bits per heavy atom. The van der Waals surface area contributed by atoms with Crippen molar-refractivity contribution in [2.45, 2.75) is 46.7 Å². The largest absolute Gasteiger partial charge is 0.493 e. The van der Waals surface area contributed by atoms with E-state index in [0.717, 1.165) is 24.6 Å². The minimum Gasteiger partial charge on any atom is -0.493 e. The first kappa shape index (κ1) is 27.2. The van der Waals surface area contributed by atoms with Crippen molar-refractivity contribution >= 4 is 11.6 Å². The van der Waals surface area contributed by atoms with Crippen molar-refractivity contribution in [2.24, 2.45) is 11.8 Å². The highest BCUT2D eigenvalue weighted by molar-refractivity contribution is 6.06. The summed E-state index contributed by atoms with van der Waals surface area (Å²) in [5.74, 6) is 0.135. The van der Waals surface area contributed by atoms with Crippen LogP contribution in [0.3, 0.4) is 0 Å². The van der Waals surface area contributed by atoms with E-state index in [4.69, 9.17) is 9.84 Å². The fourth-order valence-corrected chi connectivity index (χ4v) is 2.39. The van der Waals surface area contributed by atoms with Gasteiger partial charge in [0.25, 0.3) is 5.91 Å². The molecule has 0 saturated heterocycles. The summed E-state index contributed by atoms with van der Waals surface area (Å²) in [7, 11) is 0. The van der Waals surface area contributed by atoms with Gasteiger partial charge in [0.05, 0.1) is 17.7 Å². The molecule has 178 valence electrons. The standard InChI is InChI=1S/C18H19F3N2O3.C5H12O/c1-11(2)6-8-26-15-9-12(18(19,20)21)3-4-14(15)17(25)23-13-5-7-22-16(24)10-13;1-5(2)3-4-6/h3-5,7,9-11H,6,8H2,1-2H3,(H2,22,23,24,25);5-6H,3-4H2,1-2H3. The summed E-state index contributed by atoms with van der Waals surface area (Å²) >= 11 is 0. The van der Waals surface area contributed by atoms with Crippen LogP contribution >= 0.6 is 0 Å². The summed E-state index contributed by atoms with van der Waals surface area (Å²) in [6, 6.07) is 5.33. The SMILES string of the molecule is CC(C)CCO.CC(C)CCOc1cc(C(F)(F)F)ccc1C(=O)Nc1cc[nH]c(=O)c1. The summed E-state index contributed by atoms with van der Waals surface area (Å²) < 4.78 is 44.3. The number of amides is 1. The van der Waals surface area contributed by atoms with Crippen LogP contribution < -0.4 is 15.6 Å². The molecule has 0 aliphatic heterocycles. The van der Waals surface area contributed by atoms with Gasteiger partial charge in [0.1, 0.15) is 5.75 Å². The third-order valence-electron chi connectivity index (χ3n) is 4.25. The van der Waals surface area contributed by atoms with Crippen molar-refractivity contribution in [3.63, 3.8) is 0 Å². The third kappa shape index (κ3) is 10.00. The third-order valence-corrected chi connectivity index (χ3v) is 4.25. The highest BCUT2D eigenvalue weighted by atomic mass is 19.4. The lowest BCUT2D eigenvalue weighted by atomic mass is 10.1. The number of aromatic amines is 1. The van der Waals surface area contributed by atoms with Crippen LogP contribution in [0.15, 0.2) is 41.3 Å². The summed E-state index contributed by atoms with van der Waals surface area (Å²) in [6.07, 6.45) is -1.63. The van der Waals surface area contributed by atoms with E-state index in [0.29, 0.717) is 24.9 Å². The monoisotopic (exact) mass is 456 g/mol. The number of hydrogen-bond acceptors (Lipinski definition) is 4. The van der Waals surface area contributed by atoms with Gasteiger partial charge < -0.3 is 20.1 Å².